The van der Waals surface area contributed by atoms with Gasteiger partial charge in [-0.15, -0.1) is 0 Å². The van der Waals surface area contributed by atoms with Crippen LogP contribution in [0.25, 0.3) is 112 Å². The third-order valence-corrected chi connectivity index (χ3v) is 27.5. The lowest BCUT2D eigenvalue weighted by molar-refractivity contribution is 0.208. The van der Waals surface area contributed by atoms with Crippen molar-refractivity contribution in [1.29, 1.82) is 0 Å². The van der Waals surface area contributed by atoms with E-state index in [1.807, 2.05) is 160 Å². The molecule has 5 aromatic carbocycles. The quantitative estimate of drug-likeness (QED) is 0.0677. The summed E-state index contributed by atoms with van der Waals surface area (Å²) in [5.41, 5.74) is 21.3. The fourth-order valence-electron chi connectivity index (χ4n) is 19.4. The highest BCUT2D eigenvalue weighted by molar-refractivity contribution is 5.81. The number of benzene rings is 5. The van der Waals surface area contributed by atoms with Crippen LogP contribution in [0, 0.1) is 25.6 Å². The van der Waals surface area contributed by atoms with Crippen molar-refractivity contribution >= 4 is 67.3 Å². The van der Waals surface area contributed by atoms with Crippen molar-refractivity contribution in [3.63, 3.8) is 0 Å². The van der Waals surface area contributed by atoms with Crippen molar-refractivity contribution < 1.29 is 47.1 Å². The molecule has 17 heterocycles. The lowest BCUT2D eigenvalue weighted by Gasteiger charge is -2.39. The van der Waals surface area contributed by atoms with Gasteiger partial charge in [0.2, 0.25) is 0 Å². The third-order valence-electron chi connectivity index (χ3n) is 27.5. The maximum Gasteiger partial charge on any atom is 0.258 e. The summed E-state index contributed by atoms with van der Waals surface area (Å²) < 4.78 is 64.7. The van der Waals surface area contributed by atoms with E-state index in [1.165, 1.54) is 55.0 Å². The monoisotopic (exact) mass is 1930 g/mol. The molecule has 22 rings (SSSR count). The molecule has 6 aliphatic rings. The van der Waals surface area contributed by atoms with Gasteiger partial charge in [0.15, 0.2) is 57.5 Å². The Bertz CT molecular complexity index is 7920. The number of aryl methyl sites for hydroxylation is 2. The molecule has 11 aromatic heterocycles. The number of β-amino-alcohol motifs (C(OH)–C–C–N with tert-alkyl or cyclic N) is 1. The van der Waals surface area contributed by atoms with Crippen molar-refractivity contribution in [3.05, 3.63) is 317 Å². The summed E-state index contributed by atoms with van der Waals surface area (Å²) in [6, 6.07) is 55.7. The Hall–Kier alpha value is -15.5. The second-order valence-electron chi connectivity index (χ2n) is 36.3. The number of likely N-dealkylation sites (N-methyl/N-ethyl adjacent to an activating group) is 2. The minimum absolute atomic E-state index is 0.0475. The molecule has 16 aromatic rings. The van der Waals surface area contributed by atoms with E-state index in [0.29, 0.717) is 121 Å². The molecule has 31 nitrogen and oxygen atoms in total. The number of methoxy groups -OCH3 is 7. The summed E-state index contributed by atoms with van der Waals surface area (Å²) in [5, 5.41) is 15.7. The summed E-state index contributed by atoms with van der Waals surface area (Å²) in [5.74, 6) is 4.76. The number of nitrogens with zero attached hydrogens (tertiary/aromatic N) is 15. The SMILES string of the molecule is COc1ccc(-c2cc(=O)n3cc(C4=CCN(CCO)CC4)ccc3n2)cc1OC.COc1ccc(-c2cc(=O)n3cc(C4=CCNCC4)cc(C)c3n2)cc1OC.COc1ccc(-c2cc(=O)n3cc(C4=CCNCC4)ccc3c2)cc1OC.COc1ccc(-c2cc(=O)n3cc(N4C[C@H]5CCN(C)[C@H]5C4)ccc3n2)cc1F.Cc1nc2ccc(-c3cc(=O)n4cc(N5CCN(C)[C@H](C)C5)ccc4n3)cc2o1. The van der Waals surface area contributed by atoms with E-state index in [1.54, 1.807) is 101 Å². The van der Waals surface area contributed by atoms with Crippen LogP contribution in [0.5, 0.6) is 40.2 Å². The standard InChI is InChI=1S/C23H25N3O4.C22H23FN4O2.C22H23N5O2.C22H23N3O3.C22H22N2O3/c1-29-20-5-3-17(13-21(20)30-2)19-14-23(28)26-15-18(4-6-22(26)24-19)16-7-9-25(10-8-16)11-12-27;1-25-8-7-15-11-26(13-19(15)25)16-4-6-21-24-18(10-22(28)27(21)12-16)14-3-5-20(29-2)17(23)9-14;1-14-12-26(9-8-25(14)3)17-5-7-21-24-19(11-22(28)27(21)13-17)16-4-6-18-20(10-16)29-15(2)23-18;1-14-10-17(15-6-8-23-9-7-15)13-25-21(26)12-18(24-22(14)25)16-4-5-19(27-2)20(11-16)28-3;1-26-20-6-4-16(12-21(20)27-2)18-11-19-5-3-17(14-24(19)22(25)13-18)15-7-9-23-10-8-15/h3-7,13-15,27H,8-12H2,1-2H3;3-6,9-10,12,15,19H,7-8,11,13H2,1-2H3;4-7,10-11,13-14H,8-9,12H2,1-3H3;4-6,10-13,23H,7-9H2,1-3H3;3-7,11-14,23H,8-10H2,1-2H3/t;15-,19+;14-;;/m.11../s1. The molecule has 0 bridgehead atoms. The van der Waals surface area contributed by atoms with Gasteiger partial charge in [-0.1, -0.05) is 36.4 Å². The van der Waals surface area contributed by atoms with E-state index in [4.69, 9.17) is 52.6 Å². The number of halogens is 1. The summed E-state index contributed by atoms with van der Waals surface area (Å²) in [7, 11) is 15.3. The highest BCUT2D eigenvalue weighted by Gasteiger charge is 2.40. The Labute approximate surface area is 825 Å². The Morgan fingerprint density at radius 2 is 0.895 bits per heavy atom. The predicted molar refractivity (Wildman–Crippen MR) is 558 cm³/mol. The highest BCUT2D eigenvalue weighted by atomic mass is 19.1. The number of fused-ring (bicyclic) bond motifs is 7. The number of nitrogens with one attached hydrogen (secondary N) is 2. The van der Waals surface area contributed by atoms with Crippen molar-refractivity contribution in [2.45, 2.75) is 58.5 Å². The number of rotatable bonds is 19. The number of oxazole rings is 1. The zero-order chi connectivity index (χ0) is 99.8. The molecule has 0 spiro atoms. The summed E-state index contributed by atoms with van der Waals surface area (Å²) in [4.78, 5) is 98.8. The molecule has 6 aliphatic heterocycles. The Morgan fingerprint density at radius 3 is 1.44 bits per heavy atom. The first-order valence-corrected chi connectivity index (χ1v) is 47.9. The molecule has 0 saturated carbocycles. The van der Waals surface area contributed by atoms with Gasteiger partial charge in [-0.25, -0.2) is 29.3 Å². The molecule has 736 valence electrons. The van der Waals surface area contributed by atoms with E-state index < -0.39 is 5.82 Å². The third kappa shape index (κ3) is 21.4. The zero-order valence-corrected chi connectivity index (χ0v) is 82.2. The topological polar surface area (TPSA) is 310 Å². The molecule has 143 heavy (non-hydrogen) atoms. The largest absolute Gasteiger partial charge is 0.494 e. The van der Waals surface area contributed by atoms with Gasteiger partial charge in [-0.3, -0.25) is 50.9 Å². The second kappa shape index (κ2) is 43.3. The predicted octanol–water partition coefficient (Wildman–Crippen LogP) is 14.5. The van der Waals surface area contributed by atoms with Gasteiger partial charge >= 0.3 is 0 Å². The number of piperazine rings is 1. The van der Waals surface area contributed by atoms with Gasteiger partial charge in [0, 0.05) is 174 Å². The number of hydrogen-bond acceptors (Lipinski definition) is 26. The van der Waals surface area contributed by atoms with Crippen molar-refractivity contribution in [2.75, 3.05) is 165 Å². The van der Waals surface area contributed by atoms with E-state index >= 15 is 0 Å². The lowest BCUT2D eigenvalue weighted by Crippen LogP contribution is -2.50. The number of aromatic nitrogens is 10. The number of hydrogen-bond donors (Lipinski definition) is 3. The smallest absolute Gasteiger partial charge is 0.258 e. The van der Waals surface area contributed by atoms with E-state index in [2.05, 4.69) is 101 Å². The molecule has 32 heteroatoms. The van der Waals surface area contributed by atoms with Crippen LogP contribution in [0.4, 0.5) is 15.8 Å². The van der Waals surface area contributed by atoms with Crippen LogP contribution in [0.3, 0.4) is 0 Å². The Balaban J connectivity index is 0.000000118. The van der Waals surface area contributed by atoms with Crippen LogP contribution in [0.15, 0.2) is 260 Å². The van der Waals surface area contributed by atoms with Crippen LogP contribution >= 0.6 is 0 Å². The van der Waals surface area contributed by atoms with Gasteiger partial charge in [-0.05, 0) is 263 Å². The van der Waals surface area contributed by atoms with E-state index in [0.717, 1.165) is 164 Å². The molecular weight excluding hydrogens is 1810 g/mol. The lowest BCUT2D eigenvalue weighted by atomic mass is 10.0. The van der Waals surface area contributed by atoms with E-state index in [-0.39, 0.29) is 40.2 Å². The first kappa shape index (κ1) is 97.8. The van der Waals surface area contributed by atoms with Crippen LogP contribution in [-0.2, 0) is 0 Å². The Morgan fingerprint density at radius 1 is 0.413 bits per heavy atom. The fraction of sp³-hybridized carbons (Fsp3) is 0.297. The maximum atomic E-state index is 14.1. The Kier molecular flexibility index (Phi) is 29.6. The molecular formula is C111H116FN17O14. The van der Waals surface area contributed by atoms with Gasteiger partial charge < -0.3 is 72.9 Å². The summed E-state index contributed by atoms with van der Waals surface area (Å²) in [6.45, 7) is 18.3. The number of pyridine rings is 6. The highest BCUT2D eigenvalue weighted by Crippen LogP contribution is 2.39. The van der Waals surface area contributed by atoms with Crippen molar-refractivity contribution in [2.24, 2.45) is 5.92 Å². The fourth-order valence-corrected chi connectivity index (χ4v) is 19.4. The molecule has 0 amide bonds. The van der Waals surface area contributed by atoms with Gasteiger partial charge in [-0.2, -0.15) is 0 Å². The molecule has 0 radical (unpaired) electrons. The van der Waals surface area contributed by atoms with Gasteiger partial charge in [0.1, 0.15) is 28.1 Å². The number of anilines is 2. The minimum Gasteiger partial charge on any atom is -0.494 e. The van der Waals surface area contributed by atoms with Crippen LogP contribution in [0.2, 0.25) is 0 Å². The zero-order valence-electron chi connectivity index (χ0n) is 82.2. The maximum absolute atomic E-state index is 14.1. The van der Waals surface area contributed by atoms with Crippen LogP contribution in [0.1, 0.15) is 60.8 Å². The number of likely N-dealkylation sites (tertiary alicyclic amines) is 1. The van der Waals surface area contributed by atoms with Crippen LogP contribution in [-0.4, -0.2) is 234 Å². The first-order valence-electron chi connectivity index (χ1n) is 47.9. The summed E-state index contributed by atoms with van der Waals surface area (Å²) >= 11 is 0. The number of aliphatic hydroxyl groups excluding tert-OH is 1. The molecule has 3 N–H and O–H groups in total. The summed E-state index contributed by atoms with van der Waals surface area (Å²) in [6.07, 6.45) is 20.0. The number of aliphatic hydroxyl groups is 1. The number of ether oxygens (including phenoxy) is 7. The van der Waals surface area contributed by atoms with Crippen LogP contribution < -0.4 is 81.4 Å². The van der Waals surface area contributed by atoms with Gasteiger partial charge in [0.05, 0.1) is 90.5 Å². The average molecular weight is 1930 g/mol. The second-order valence-corrected chi connectivity index (χ2v) is 36.3. The normalized spacial score (nSPS) is 16.5. The first-order chi connectivity index (χ1) is 69.4. The van der Waals surface area contributed by atoms with E-state index in [9.17, 15) is 28.4 Å². The molecule has 3 saturated heterocycles. The molecule has 3 fully saturated rings. The van der Waals surface area contributed by atoms with Crippen molar-refractivity contribution in [1.82, 2.24) is 72.3 Å². The molecule has 3 atom stereocenters. The van der Waals surface area contributed by atoms with Crippen molar-refractivity contribution in [3.8, 4) is 96.4 Å². The average Bonchev–Trinajstić information content (AvgIpc) is 1.73. The minimum atomic E-state index is -0.480. The molecule has 0 aliphatic carbocycles. The molecule has 0 unspecified atom stereocenters. The van der Waals surface area contributed by atoms with Gasteiger partial charge in [0.25, 0.3) is 27.8 Å².